The summed E-state index contributed by atoms with van der Waals surface area (Å²) in [5.74, 6) is 0. The van der Waals surface area contributed by atoms with Gasteiger partial charge in [0.05, 0.1) is 0 Å². The molecule has 1 atom stereocenters. The number of rotatable bonds is 2. The molecule has 19 heavy (non-hydrogen) atoms. The first kappa shape index (κ1) is 13.9. The van der Waals surface area contributed by atoms with Gasteiger partial charge in [-0.15, -0.1) is 0 Å². The molecule has 1 fully saturated rings. The number of benzene rings is 1. The fraction of sp³-hybridized carbons (Fsp3) is 0.533. The fourth-order valence-corrected chi connectivity index (χ4v) is 2.46. The van der Waals surface area contributed by atoms with Gasteiger partial charge in [0.15, 0.2) is 0 Å². The van der Waals surface area contributed by atoms with Crippen LogP contribution in [0.15, 0.2) is 18.2 Å². The van der Waals surface area contributed by atoms with Gasteiger partial charge in [-0.3, -0.25) is 0 Å². The largest absolute Gasteiger partial charge is 0.334 e. The standard InChI is InChI=1S/C15H23N3O/c1-11-6-7-13(9-12(11)2)16-15(19)17-14-5-4-8-18(3)10-14/h6-7,9,14H,4-5,8,10H2,1-3H3,(H2,16,17,19). The van der Waals surface area contributed by atoms with Gasteiger partial charge in [0.25, 0.3) is 0 Å². The molecule has 2 rings (SSSR count). The number of urea groups is 1. The van der Waals surface area contributed by atoms with Crippen molar-refractivity contribution in [2.24, 2.45) is 0 Å². The number of piperidine rings is 1. The number of nitrogens with zero attached hydrogens (tertiary/aromatic N) is 1. The van der Waals surface area contributed by atoms with Crippen LogP contribution >= 0.6 is 0 Å². The lowest BCUT2D eigenvalue weighted by Gasteiger charge is -2.30. The Hall–Kier alpha value is -1.55. The van der Waals surface area contributed by atoms with Crippen LogP contribution in [0.5, 0.6) is 0 Å². The van der Waals surface area contributed by atoms with E-state index < -0.39 is 0 Å². The quantitative estimate of drug-likeness (QED) is 0.859. The van der Waals surface area contributed by atoms with Gasteiger partial charge in [0.1, 0.15) is 0 Å². The number of likely N-dealkylation sites (N-methyl/N-ethyl adjacent to an activating group) is 1. The first-order valence-corrected chi connectivity index (χ1v) is 6.88. The minimum Gasteiger partial charge on any atom is -0.334 e. The van der Waals surface area contributed by atoms with E-state index in [9.17, 15) is 4.79 Å². The molecule has 0 aliphatic carbocycles. The Balaban J connectivity index is 1.88. The summed E-state index contributed by atoms with van der Waals surface area (Å²) < 4.78 is 0. The number of anilines is 1. The summed E-state index contributed by atoms with van der Waals surface area (Å²) in [5, 5.41) is 5.94. The van der Waals surface area contributed by atoms with E-state index >= 15 is 0 Å². The molecule has 1 unspecified atom stereocenters. The highest BCUT2D eigenvalue weighted by Gasteiger charge is 2.18. The molecule has 2 amide bonds. The first-order valence-electron chi connectivity index (χ1n) is 6.88. The molecular formula is C15H23N3O. The summed E-state index contributed by atoms with van der Waals surface area (Å²) in [4.78, 5) is 14.2. The van der Waals surface area contributed by atoms with Crippen LogP contribution in [0.4, 0.5) is 10.5 Å². The Kier molecular flexibility index (Phi) is 4.43. The molecule has 0 spiro atoms. The average Bonchev–Trinajstić information content (AvgIpc) is 2.34. The Morgan fingerprint density at radius 3 is 2.79 bits per heavy atom. The second kappa shape index (κ2) is 6.06. The molecule has 1 saturated heterocycles. The normalized spacial score (nSPS) is 20.1. The maximum atomic E-state index is 11.9. The zero-order valence-electron chi connectivity index (χ0n) is 12.0. The van der Waals surface area contributed by atoms with Gasteiger partial charge in [0, 0.05) is 18.3 Å². The molecule has 4 nitrogen and oxygen atoms in total. The van der Waals surface area contributed by atoms with Crippen LogP contribution in [0.25, 0.3) is 0 Å². The molecule has 0 radical (unpaired) electrons. The molecule has 4 heteroatoms. The van der Waals surface area contributed by atoms with Gasteiger partial charge < -0.3 is 15.5 Å². The molecule has 1 aromatic carbocycles. The molecule has 2 N–H and O–H groups in total. The molecule has 1 aliphatic heterocycles. The summed E-state index contributed by atoms with van der Waals surface area (Å²) in [7, 11) is 2.09. The van der Waals surface area contributed by atoms with E-state index in [-0.39, 0.29) is 12.1 Å². The lowest BCUT2D eigenvalue weighted by atomic mass is 10.1. The van der Waals surface area contributed by atoms with Gasteiger partial charge in [-0.05, 0) is 63.5 Å². The van der Waals surface area contributed by atoms with Crippen molar-refractivity contribution in [3.63, 3.8) is 0 Å². The Morgan fingerprint density at radius 1 is 1.32 bits per heavy atom. The topological polar surface area (TPSA) is 44.4 Å². The van der Waals surface area contributed by atoms with Gasteiger partial charge in [0.2, 0.25) is 0 Å². The predicted molar refractivity (Wildman–Crippen MR) is 78.6 cm³/mol. The molecule has 0 saturated carbocycles. The highest BCUT2D eigenvalue weighted by molar-refractivity contribution is 5.89. The van der Waals surface area contributed by atoms with Crippen LogP contribution in [-0.2, 0) is 0 Å². The average molecular weight is 261 g/mol. The zero-order valence-corrected chi connectivity index (χ0v) is 12.0. The van der Waals surface area contributed by atoms with Crippen molar-refractivity contribution in [2.45, 2.75) is 32.7 Å². The highest BCUT2D eigenvalue weighted by atomic mass is 16.2. The lowest BCUT2D eigenvalue weighted by molar-refractivity contribution is 0.216. The van der Waals surface area contributed by atoms with Gasteiger partial charge in [-0.25, -0.2) is 4.79 Å². The third-order valence-electron chi connectivity index (χ3n) is 3.72. The minimum atomic E-state index is -0.108. The number of amides is 2. The van der Waals surface area contributed by atoms with Crippen molar-refractivity contribution >= 4 is 11.7 Å². The number of carbonyl (C=O) groups is 1. The summed E-state index contributed by atoms with van der Waals surface area (Å²) in [6.07, 6.45) is 2.20. The number of aryl methyl sites for hydroxylation is 2. The van der Waals surface area contributed by atoms with Crippen molar-refractivity contribution in [2.75, 3.05) is 25.5 Å². The zero-order chi connectivity index (χ0) is 13.8. The third-order valence-corrected chi connectivity index (χ3v) is 3.72. The molecule has 0 aromatic heterocycles. The highest BCUT2D eigenvalue weighted by Crippen LogP contribution is 2.14. The van der Waals surface area contributed by atoms with Crippen molar-refractivity contribution in [3.8, 4) is 0 Å². The Morgan fingerprint density at radius 2 is 2.11 bits per heavy atom. The summed E-state index contributed by atoms with van der Waals surface area (Å²) in [5.41, 5.74) is 3.28. The SMILES string of the molecule is Cc1ccc(NC(=O)NC2CCCN(C)C2)cc1C. The Bertz CT molecular complexity index is 459. The van der Waals surface area contributed by atoms with E-state index in [2.05, 4.69) is 36.4 Å². The van der Waals surface area contributed by atoms with Crippen LogP contribution in [0.3, 0.4) is 0 Å². The van der Waals surface area contributed by atoms with Crippen molar-refractivity contribution in [3.05, 3.63) is 29.3 Å². The molecule has 0 bridgehead atoms. The smallest absolute Gasteiger partial charge is 0.319 e. The summed E-state index contributed by atoms with van der Waals surface area (Å²) >= 11 is 0. The lowest BCUT2D eigenvalue weighted by Crippen LogP contribution is -2.47. The predicted octanol–water partition coefficient (Wildman–Crippen LogP) is 2.52. The maximum Gasteiger partial charge on any atom is 0.319 e. The van der Waals surface area contributed by atoms with E-state index in [0.29, 0.717) is 0 Å². The number of hydrogen-bond donors (Lipinski definition) is 2. The molecule has 1 heterocycles. The van der Waals surface area contributed by atoms with E-state index in [4.69, 9.17) is 0 Å². The second-order valence-electron chi connectivity index (χ2n) is 5.50. The number of likely N-dealkylation sites (tertiary alicyclic amines) is 1. The fourth-order valence-electron chi connectivity index (χ4n) is 2.46. The van der Waals surface area contributed by atoms with Gasteiger partial charge in [-0.1, -0.05) is 6.07 Å². The number of carbonyl (C=O) groups excluding carboxylic acids is 1. The number of nitrogens with one attached hydrogen (secondary N) is 2. The monoisotopic (exact) mass is 261 g/mol. The van der Waals surface area contributed by atoms with Crippen LogP contribution < -0.4 is 10.6 Å². The van der Waals surface area contributed by atoms with Crippen molar-refractivity contribution in [1.82, 2.24) is 10.2 Å². The first-order chi connectivity index (χ1) is 9.04. The van der Waals surface area contributed by atoms with Crippen LogP contribution in [-0.4, -0.2) is 37.1 Å². The summed E-state index contributed by atoms with van der Waals surface area (Å²) in [6.45, 7) is 6.17. The third kappa shape index (κ3) is 3.96. The van der Waals surface area contributed by atoms with Crippen molar-refractivity contribution < 1.29 is 4.79 Å². The summed E-state index contributed by atoms with van der Waals surface area (Å²) in [6, 6.07) is 6.12. The van der Waals surface area contributed by atoms with Crippen molar-refractivity contribution in [1.29, 1.82) is 0 Å². The van der Waals surface area contributed by atoms with Gasteiger partial charge in [-0.2, -0.15) is 0 Å². The van der Waals surface area contributed by atoms with Gasteiger partial charge >= 0.3 is 6.03 Å². The minimum absolute atomic E-state index is 0.108. The molecule has 1 aromatic rings. The molecule has 104 valence electrons. The Labute approximate surface area is 115 Å². The second-order valence-corrected chi connectivity index (χ2v) is 5.50. The molecular weight excluding hydrogens is 238 g/mol. The van der Waals surface area contributed by atoms with Crippen LogP contribution in [0.2, 0.25) is 0 Å². The maximum absolute atomic E-state index is 11.9. The number of hydrogen-bond acceptors (Lipinski definition) is 2. The van der Waals surface area contributed by atoms with Crippen LogP contribution in [0, 0.1) is 13.8 Å². The van der Waals surface area contributed by atoms with E-state index in [0.717, 1.165) is 31.6 Å². The van der Waals surface area contributed by atoms with E-state index in [1.54, 1.807) is 0 Å². The molecule has 1 aliphatic rings. The van der Waals surface area contributed by atoms with E-state index in [1.807, 2.05) is 18.2 Å². The van der Waals surface area contributed by atoms with E-state index in [1.165, 1.54) is 11.1 Å². The van der Waals surface area contributed by atoms with Crippen LogP contribution in [0.1, 0.15) is 24.0 Å².